The van der Waals surface area contributed by atoms with Gasteiger partial charge in [-0.05, 0) is 18.1 Å². The van der Waals surface area contributed by atoms with E-state index < -0.39 is 12.0 Å². The van der Waals surface area contributed by atoms with Crippen LogP contribution in [0.3, 0.4) is 0 Å². The van der Waals surface area contributed by atoms with Gasteiger partial charge in [0.2, 0.25) is 0 Å². The molecule has 0 amide bonds. The molecule has 0 aliphatic heterocycles. The maximum atomic E-state index is 10.5. The van der Waals surface area contributed by atoms with E-state index in [1.165, 1.54) is 0 Å². The van der Waals surface area contributed by atoms with Crippen molar-refractivity contribution in [1.29, 1.82) is 5.26 Å². The largest absolute Gasteiger partial charge is 0.480 e. The molecule has 0 saturated carbocycles. The number of nitrogens with zero attached hydrogens (tertiary/aromatic N) is 1. The Kier molecular flexibility index (Phi) is 5.39. The van der Waals surface area contributed by atoms with Crippen LogP contribution in [-0.2, 0) is 11.2 Å². The Hall–Kier alpha value is -1.57. The van der Waals surface area contributed by atoms with Gasteiger partial charge in [0.25, 0.3) is 0 Å². The van der Waals surface area contributed by atoms with Gasteiger partial charge >= 0.3 is 5.97 Å². The average Bonchev–Trinajstić information content (AvgIpc) is 2.18. The number of halogens is 1. The second-order valence-electron chi connectivity index (χ2n) is 2.92. The number of rotatable bonds is 3. The van der Waals surface area contributed by atoms with E-state index in [0.717, 1.165) is 0 Å². The zero-order valence-electron chi connectivity index (χ0n) is 7.88. The van der Waals surface area contributed by atoms with Crippen molar-refractivity contribution in [3.05, 3.63) is 35.4 Å². The molecule has 1 aromatic rings. The maximum absolute atomic E-state index is 10.5. The summed E-state index contributed by atoms with van der Waals surface area (Å²) in [6, 6.07) is 7.87. The van der Waals surface area contributed by atoms with Crippen LogP contribution < -0.4 is 5.73 Å². The highest BCUT2D eigenvalue weighted by Gasteiger charge is 2.13. The molecule has 0 unspecified atom stereocenters. The predicted octanol–water partition coefficient (Wildman–Crippen LogP) is 0.934. The second kappa shape index (κ2) is 6.02. The molecule has 5 heteroatoms. The van der Waals surface area contributed by atoms with Crippen LogP contribution in [0.1, 0.15) is 11.1 Å². The number of carbonyl (C=O) groups is 1. The smallest absolute Gasteiger partial charge is 0.320 e. The van der Waals surface area contributed by atoms with Gasteiger partial charge in [-0.1, -0.05) is 18.2 Å². The number of nitriles is 1. The first kappa shape index (κ1) is 13.4. The van der Waals surface area contributed by atoms with E-state index >= 15 is 0 Å². The number of aliphatic carboxylic acids is 1. The third kappa shape index (κ3) is 3.58. The lowest BCUT2D eigenvalue weighted by Gasteiger charge is -2.07. The maximum Gasteiger partial charge on any atom is 0.320 e. The highest BCUT2D eigenvalue weighted by molar-refractivity contribution is 5.85. The zero-order valence-corrected chi connectivity index (χ0v) is 8.70. The van der Waals surface area contributed by atoms with Crippen molar-refractivity contribution in [3.63, 3.8) is 0 Å². The molecule has 0 spiro atoms. The molecule has 0 bridgehead atoms. The van der Waals surface area contributed by atoms with Gasteiger partial charge in [0.05, 0.1) is 11.6 Å². The number of hydrogen-bond acceptors (Lipinski definition) is 3. The molecule has 4 nitrogen and oxygen atoms in total. The number of nitrogens with two attached hydrogens (primary N) is 1. The standard InChI is InChI=1S/C10H10N2O2.ClH/c11-6-8-4-2-1-3-7(8)5-9(12)10(13)14;/h1-4,9H,5,12H2,(H,13,14);1H/t9-;/m0./s1. The molecule has 0 heterocycles. The molecule has 3 N–H and O–H groups in total. The fraction of sp³-hybridized carbons (Fsp3) is 0.200. The molecule has 0 saturated heterocycles. The number of carboxylic acid groups (broad SMARTS) is 1. The summed E-state index contributed by atoms with van der Waals surface area (Å²) in [6.45, 7) is 0. The van der Waals surface area contributed by atoms with Gasteiger partial charge in [-0.25, -0.2) is 0 Å². The molecule has 0 aromatic heterocycles. The third-order valence-electron chi connectivity index (χ3n) is 1.89. The minimum Gasteiger partial charge on any atom is -0.480 e. The van der Waals surface area contributed by atoms with Crippen LogP contribution in [0.4, 0.5) is 0 Å². The van der Waals surface area contributed by atoms with Gasteiger partial charge in [-0.3, -0.25) is 4.79 Å². The summed E-state index contributed by atoms with van der Waals surface area (Å²) in [5.41, 5.74) is 6.51. The van der Waals surface area contributed by atoms with Crippen LogP contribution in [0.15, 0.2) is 24.3 Å². The Morgan fingerprint density at radius 3 is 2.67 bits per heavy atom. The van der Waals surface area contributed by atoms with Gasteiger partial charge in [0.15, 0.2) is 0 Å². The SMILES string of the molecule is Cl.N#Cc1ccccc1C[C@H](N)C(=O)O. The molecule has 0 fully saturated rings. The highest BCUT2D eigenvalue weighted by atomic mass is 35.5. The summed E-state index contributed by atoms with van der Waals surface area (Å²) in [5.74, 6) is -1.06. The Labute approximate surface area is 93.7 Å². The Balaban J connectivity index is 0.00000196. The summed E-state index contributed by atoms with van der Waals surface area (Å²) < 4.78 is 0. The van der Waals surface area contributed by atoms with E-state index in [2.05, 4.69) is 0 Å². The Morgan fingerprint density at radius 2 is 2.13 bits per heavy atom. The molecular weight excluding hydrogens is 216 g/mol. The van der Waals surface area contributed by atoms with Crippen molar-refractivity contribution >= 4 is 18.4 Å². The highest BCUT2D eigenvalue weighted by Crippen LogP contribution is 2.09. The lowest BCUT2D eigenvalue weighted by atomic mass is 10.0. The fourth-order valence-electron chi connectivity index (χ4n) is 1.13. The first-order chi connectivity index (χ1) is 6.65. The van der Waals surface area contributed by atoms with E-state index in [0.29, 0.717) is 11.1 Å². The molecule has 0 aliphatic rings. The van der Waals surface area contributed by atoms with Gasteiger partial charge in [0.1, 0.15) is 6.04 Å². The summed E-state index contributed by atoms with van der Waals surface area (Å²) in [6.07, 6.45) is 0.180. The van der Waals surface area contributed by atoms with Crippen LogP contribution >= 0.6 is 12.4 Å². The topological polar surface area (TPSA) is 87.1 Å². The van der Waals surface area contributed by atoms with Crippen molar-refractivity contribution in [2.75, 3.05) is 0 Å². The van der Waals surface area contributed by atoms with Gasteiger partial charge in [-0.15, -0.1) is 12.4 Å². The lowest BCUT2D eigenvalue weighted by Crippen LogP contribution is -2.32. The average molecular weight is 227 g/mol. The van der Waals surface area contributed by atoms with Gasteiger partial charge in [0, 0.05) is 0 Å². The van der Waals surface area contributed by atoms with E-state index in [-0.39, 0.29) is 18.8 Å². The first-order valence-corrected chi connectivity index (χ1v) is 4.11. The second-order valence-corrected chi connectivity index (χ2v) is 2.92. The van der Waals surface area contributed by atoms with Gasteiger partial charge in [-0.2, -0.15) is 5.26 Å². The fourth-order valence-corrected chi connectivity index (χ4v) is 1.13. The number of carboxylic acids is 1. The minimum absolute atomic E-state index is 0. The summed E-state index contributed by atoms with van der Waals surface area (Å²) in [5, 5.41) is 17.3. The summed E-state index contributed by atoms with van der Waals surface area (Å²) >= 11 is 0. The number of benzene rings is 1. The lowest BCUT2D eigenvalue weighted by molar-refractivity contribution is -0.138. The minimum atomic E-state index is -1.06. The van der Waals surface area contributed by atoms with Crippen molar-refractivity contribution in [2.45, 2.75) is 12.5 Å². The predicted molar refractivity (Wildman–Crippen MR) is 57.7 cm³/mol. The van der Waals surface area contributed by atoms with Crippen molar-refractivity contribution in [3.8, 4) is 6.07 Å². The quantitative estimate of drug-likeness (QED) is 0.803. The molecule has 1 rings (SSSR count). The van der Waals surface area contributed by atoms with Crippen molar-refractivity contribution in [1.82, 2.24) is 0 Å². The molecule has 15 heavy (non-hydrogen) atoms. The van der Waals surface area contributed by atoms with E-state index in [4.69, 9.17) is 16.1 Å². The molecule has 0 radical (unpaired) electrons. The van der Waals surface area contributed by atoms with E-state index in [1.807, 2.05) is 6.07 Å². The van der Waals surface area contributed by atoms with Gasteiger partial charge < -0.3 is 10.8 Å². The normalized spacial score (nSPS) is 10.9. The Morgan fingerprint density at radius 1 is 1.53 bits per heavy atom. The van der Waals surface area contributed by atoms with Crippen LogP contribution in [0.25, 0.3) is 0 Å². The van der Waals surface area contributed by atoms with Crippen molar-refractivity contribution in [2.24, 2.45) is 5.73 Å². The zero-order chi connectivity index (χ0) is 10.6. The molecular formula is C10H11ClN2O2. The first-order valence-electron chi connectivity index (χ1n) is 4.11. The van der Waals surface area contributed by atoms with Crippen LogP contribution in [0.2, 0.25) is 0 Å². The summed E-state index contributed by atoms with van der Waals surface area (Å²) in [7, 11) is 0. The van der Waals surface area contributed by atoms with E-state index in [9.17, 15) is 4.79 Å². The third-order valence-corrected chi connectivity index (χ3v) is 1.89. The molecule has 1 atom stereocenters. The van der Waals surface area contributed by atoms with Crippen LogP contribution in [-0.4, -0.2) is 17.1 Å². The molecule has 1 aromatic carbocycles. The van der Waals surface area contributed by atoms with Crippen LogP contribution in [0, 0.1) is 11.3 Å². The monoisotopic (exact) mass is 226 g/mol. The molecule has 80 valence electrons. The van der Waals surface area contributed by atoms with Crippen LogP contribution in [0.5, 0.6) is 0 Å². The summed E-state index contributed by atoms with van der Waals surface area (Å²) in [4.78, 5) is 10.5. The molecule has 0 aliphatic carbocycles. The Bertz CT molecular complexity index is 387. The van der Waals surface area contributed by atoms with E-state index in [1.54, 1.807) is 24.3 Å². The van der Waals surface area contributed by atoms with Crippen molar-refractivity contribution < 1.29 is 9.90 Å². The number of hydrogen-bond donors (Lipinski definition) is 2.